The third-order valence-electron chi connectivity index (χ3n) is 2.23. The summed E-state index contributed by atoms with van der Waals surface area (Å²) in [5.74, 6) is 1.29. The first-order valence-electron chi connectivity index (χ1n) is 5.56. The smallest absolute Gasteiger partial charge is 0.161 e. The maximum Gasteiger partial charge on any atom is 0.161 e. The normalized spacial score (nSPS) is 13.7. The largest absolute Gasteiger partial charge is 0.591 e. The summed E-state index contributed by atoms with van der Waals surface area (Å²) >= 11 is -1.26. The SMILES string of the molecule is COc1ccc(/C=N/[S+]([O-])C(C)(C)C)cc1OC. The molecule has 1 unspecified atom stereocenters. The topological polar surface area (TPSA) is 53.9 Å². The van der Waals surface area contributed by atoms with Gasteiger partial charge in [0, 0.05) is 5.56 Å². The van der Waals surface area contributed by atoms with E-state index in [4.69, 9.17) is 9.47 Å². The Morgan fingerprint density at radius 1 is 1.17 bits per heavy atom. The highest BCUT2D eigenvalue weighted by Crippen LogP contribution is 2.27. The van der Waals surface area contributed by atoms with Gasteiger partial charge in [-0.05, 0) is 39.0 Å². The molecule has 5 heteroatoms. The number of nitrogens with zero attached hydrogens (tertiary/aromatic N) is 1. The average molecular weight is 269 g/mol. The van der Waals surface area contributed by atoms with E-state index < -0.39 is 11.4 Å². The molecule has 1 rings (SSSR count). The van der Waals surface area contributed by atoms with Crippen molar-refractivity contribution >= 4 is 17.6 Å². The lowest BCUT2D eigenvalue weighted by Gasteiger charge is -2.17. The summed E-state index contributed by atoms with van der Waals surface area (Å²) in [6, 6.07) is 5.42. The van der Waals surface area contributed by atoms with E-state index in [2.05, 4.69) is 4.40 Å². The van der Waals surface area contributed by atoms with E-state index in [1.807, 2.05) is 26.8 Å². The van der Waals surface area contributed by atoms with E-state index in [1.54, 1.807) is 32.6 Å². The number of hydrogen-bond donors (Lipinski definition) is 0. The zero-order valence-electron chi connectivity index (χ0n) is 11.4. The lowest BCUT2D eigenvalue weighted by Crippen LogP contribution is -2.25. The molecule has 4 nitrogen and oxygen atoms in total. The molecule has 0 fully saturated rings. The van der Waals surface area contributed by atoms with Crippen LogP contribution in [-0.2, 0) is 11.4 Å². The van der Waals surface area contributed by atoms with Crippen LogP contribution in [0.4, 0.5) is 0 Å². The van der Waals surface area contributed by atoms with Crippen LogP contribution in [0.25, 0.3) is 0 Å². The molecule has 100 valence electrons. The number of ether oxygens (including phenoxy) is 2. The quantitative estimate of drug-likeness (QED) is 0.623. The minimum atomic E-state index is -1.26. The Kier molecular flexibility index (Phi) is 5.04. The van der Waals surface area contributed by atoms with Gasteiger partial charge in [-0.25, -0.2) is 0 Å². The number of hydrogen-bond acceptors (Lipinski definition) is 4. The Morgan fingerprint density at radius 3 is 2.28 bits per heavy atom. The Morgan fingerprint density at radius 2 is 1.78 bits per heavy atom. The first kappa shape index (κ1) is 14.9. The highest BCUT2D eigenvalue weighted by molar-refractivity contribution is 7.91. The number of methoxy groups -OCH3 is 2. The summed E-state index contributed by atoms with van der Waals surface area (Å²) in [7, 11) is 3.16. The van der Waals surface area contributed by atoms with E-state index >= 15 is 0 Å². The van der Waals surface area contributed by atoms with Crippen LogP contribution in [0.5, 0.6) is 11.5 Å². The third kappa shape index (κ3) is 3.92. The Labute approximate surface area is 111 Å². The lowest BCUT2D eigenvalue weighted by atomic mass is 10.2. The zero-order valence-corrected chi connectivity index (χ0v) is 12.2. The molecule has 1 aromatic rings. The minimum absolute atomic E-state index is 0.354. The van der Waals surface area contributed by atoms with E-state index in [0.29, 0.717) is 11.5 Å². The highest BCUT2D eigenvalue weighted by atomic mass is 32.2. The molecule has 0 amide bonds. The molecule has 0 spiro atoms. The van der Waals surface area contributed by atoms with E-state index in [-0.39, 0.29) is 4.75 Å². The van der Waals surface area contributed by atoms with Gasteiger partial charge in [0.15, 0.2) is 11.5 Å². The Balaban J connectivity index is 2.89. The Hall–Kier alpha value is -1.20. The van der Waals surface area contributed by atoms with Gasteiger partial charge < -0.3 is 14.0 Å². The molecule has 0 aromatic heterocycles. The molecule has 0 saturated heterocycles. The van der Waals surface area contributed by atoms with Crippen molar-refractivity contribution < 1.29 is 14.0 Å². The summed E-state index contributed by atoms with van der Waals surface area (Å²) < 4.78 is 25.8. The van der Waals surface area contributed by atoms with Crippen molar-refractivity contribution in [1.29, 1.82) is 0 Å². The van der Waals surface area contributed by atoms with E-state index in [1.165, 1.54) is 0 Å². The fraction of sp³-hybridized carbons (Fsp3) is 0.462. The molecule has 0 aliphatic heterocycles. The van der Waals surface area contributed by atoms with Crippen molar-refractivity contribution in [1.82, 2.24) is 0 Å². The minimum Gasteiger partial charge on any atom is -0.591 e. The summed E-state index contributed by atoms with van der Waals surface area (Å²) in [4.78, 5) is 0. The third-order valence-corrected chi connectivity index (χ3v) is 3.57. The van der Waals surface area contributed by atoms with E-state index in [0.717, 1.165) is 5.56 Å². The van der Waals surface area contributed by atoms with Gasteiger partial charge in [0.05, 0.1) is 20.4 Å². The van der Waals surface area contributed by atoms with Crippen molar-refractivity contribution in [3.05, 3.63) is 23.8 Å². The number of rotatable bonds is 4. The van der Waals surface area contributed by atoms with Gasteiger partial charge >= 0.3 is 0 Å². The molecule has 0 radical (unpaired) electrons. The van der Waals surface area contributed by atoms with Gasteiger partial charge in [-0.15, -0.1) is 0 Å². The predicted octanol–water partition coefficient (Wildman–Crippen LogP) is 2.58. The van der Waals surface area contributed by atoms with Crippen molar-refractivity contribution in [2.75, 3.05) is 14.2 Å². The Bertz CT molecular complexity index is 427. The van der Waals surface area contributed by atoms with Crippen LogP contribution in [-0.4, -0.2) is 29.7 Å². The standard InChI is InChI=1S/C13H19NO3S/c1-13(2,3)18(15)14-9-10-6-7-11(16-4)12(8-10)17-5/h6-9H,1-5H3/b14-9+. The van der Waals surface area contributed by atoms with Crippen molar-refractivity contribution in [3.8, 4) is 11.5 Å². The molecule has 0 aliphatic rings. The first-order valence-corrected chi connectivity index (χ1v) is 6.67. The molecule has 0 aliphatic carbocycles. The van der Waals surface area contributed by atoms with Crippen molar-refractivity contribution in [2.24, 2.45) is 4.40 Å². The molecule has 0 heterocycles. The van der Waals surface area contributed by atoms with Crippen LogP contribution in [0.3, 0.4) is 0 Å². The second-order valence-electron chi connectivity index (χ2n) is 4.71. The van der Waals surface area contributed by atoms with Crippen LogP contribution >= 0.6 is 0 Å². The molecule has 18 heavy (non-hydrogen) atoms. The second-order valence-corrected chi connectivity index (χ2v) is 6.64. The molecular weight excluding hydrogens is 250 g/mol. The van der Waals surface area contributed by atoms with Crippen LogP contribution < -0.4 is 9.47 Å². The summed E-state index contributed by atoms with van der Waals surface area (Å²) in [6.45, 7) is 5.65. The predicted molar refractivity (Wildman–Crippen MR) is 75.0 cm³/mol. The van der Waals surface area contributed by atoms with Gasteiger partial charge in [0.25, 0.3) is 0 Å². The van der Waals surface area contributed by atoms with E-state index in [9.17, 15) is 4.55 Å². The van der Waals surface area contributed by atoms with Crippen LogP contribution in [0.1, 0.15) is 26.3 Å². The van der Waals surface area contributed by atoms with Gasteiger partial charge in [0.2, 0.25) is 0 Å². The molecule has 0 N–H and O–H groups in total. The number of benzene rings is 1. The first-order chi connectivity index (χ1) is 8.38. The lowest BCUT2D eigenvalue weighted by molar-refractivity contribution is 0.355. The fourth-order valence-electron chi connectivity index (χ4n) is 1.20. The molecule has 1 aromatic carbocycles. The van der Waals surface area contributed by atoms with Crippen LogP contribution in [0.2, 0.25) is 0 Å². The maximum absolute atomic E-state index is 11.8. The average Bonchev–Trinajstić information content (AvgIpc) is 2.34. The molecule has 0 saturated carbocycles. The van der Waals surface area contributed by atoms with Gasteiger partial charge in [-0.2, -0.15) is 0 Å². The highest BCUT2D eigenvalue weighted by Gasteiger charge is 2.25. The van der Waals surface area contributed by atoms with Crippen LogP contribution in [0.15, 0.2) is 22.6 Å². The van der Waals surface area contributed by atoms with Crippen molar-refractivity contribution in [2.45, 2.75) is 25.5 Å². The molecule has 1 atom stereocenters. The summed E-state index contributed by atoms with van der Waals surface area (Å²) in [5, 5.41) is 0. The summed E-state index contributed by atoms with van der Waals surface area (Å²) in [5.41, 5.74) is 0.824. The van der Waals surface area contributed by atoms with Crippen LogP contribution in [0, 0.1) is 0 Å². The maximum atomic E-state index is 11.8. The molecular formula is C13H19NO3S. The van der Waals surface area contributed by atoms with Gasteiger partial charge in [-0.3, -0.25) is 0 Å². The fourth-order valence-corrected chi connectivity index (χ4v) is 1.73. The zero-order chi connectivity index (χ0) is 13.8. The molecule has 0 bridgehead atoms. The second kappa shape index (κ2) is 6.11. The van der Waals surface area contributed by atoms with Gasteiger partial charge in [0.1, 0.15) is 16.1 Å². The van der Waals surface area contributed by atoms with Gasteiger partial charge in [-0.1, -0.05) is 4.40 Å². The monoisotopic (exact) mass is 269 g/mol. The summed E-state index contributed by atoms with van der Waals surface area (Å²) in [6.07, 6.45) is 1.59. The van der Waals surface area contributed by atoms with Crippen molar-refractivity contribution in [3.63, 3.8) is 0 Å².